The van der Waals surface area contributed by atoms with Crippen LogP contribution in [0.4, 0.5) is 11.5 Å². The first-order chi connectivity index (χ1) is 15.7. The van der Waals surface area contributed by atoms with E-state index in [0.29, 0.717) is 6.54 Å². The molecule has 2 aromatic carbocycles. The Morgan fingerprint density at radius 3 is 2.75 bits per heavy atom. The third kappa shape index (κ3) is 3.97. The number of pyridine rings is 1. The highest BCUT2D eigenvalue weighted by molar-refractivity contribution is 6.33. The molecule has 7 nitrogen and oxygen atoms in total. The summed E-state index contributed by atoms with van der Waals surface area (Å²) >= 11 is 6.67. The third-order valence-electron chi connectivity index (χ3n) is 5.72. The van der Waals surface area contributed by atoms with Crippen LogP contribution >= 0.6 is 11.6 Å². The molecular weight excluding hydrogens is 426 g/mol. The molecule has 4 aromatic rings. The van der Waals surface area contributed by atoms with Crippen LogP contribution in [-0.4, -0.2) is 48.0 Å². The highest BCUT2D eigenvalue weighted by atomic mass is 35.5. The lowest BCUT2D eigenvalue weighted by atomic mass is 10.1. The number of methoxy groups -OCH3 is 1. The molecule has 0 radical (unpaired) electrons. The molecule has 164 valence electrons. The number of para-hydroxylation sites is 1. The molecule has 0 unspecified atom stereocenters. The van der Waals surface area contributed by atoms with E-state index in [1.807, 2.05) is 40.8 Å². The van der Waals surface area contributed by atoms with Crippen molar-refractivity contribution >= 4 is 28.8 Å². The molecule has 8 heteroatoms. The van der Waals surface area contributed by atoms with Crippen molar-refractivity contribution in [2.45, 2.75) is 6.54 Å². The van der Waals surface area contributed by atoms with Gasteiger partial charge in [-0.1, -0.05) is 35.9 Å². The predicted molar refractivity (Wildman–Crippen MR) is 127 cm³/mol. The monoisotopic (exact) mass is 449 g/mol. The molecular formula is C24H24ClN5O2. The largest absolute Gasteiger partial charge is 0.496 e. The third-order valence-corrected chi connectivity index (χ3v) is 6.02. The zero-order valence-electron chi connectivity index (χ0n) is 17.8. The maximum absolute atomic E-state index is 6.67. The smallest absolute Gasteiger partial charge is 0.170 e. The normalized spacial score (nSPS) is 14.0. The second-order valence-electron chi connectivity index (χ2n) is 7.59. The van der Waals surface area contributed by atoms with E-state index in [1.165, 1.54) is 0 Å². The van der Waals surface area contributed by atoms with Crippen LogP contribution in [0.15, 0.2) is 60.9 Å². The van der Waals surface area contributed by atoms with Crippen LogP contribution in [0.1, 0.15) is 5.56 Å². The number of fused-ring (bicyclic) bond motifs is 1. The number of benzene rings is 2. The molecule has 0 amide bonds. The van der Waals surface area contributed by atoms with Gasteiger partial charge >= 0.3 is 0 Å². The fourth-order valence-electron chi connectivity index (χ4n) is 4.05. The maximum atomic E-state index is 6.67. The average molecular weight is 450 g/mol. The van der Waals surface area contributed by atoms with Gasteiger partial charge in [0.1, 0.15) is 17.9 Å². The average Bonchev–Trinajstić information content (AvgIpc) is 3.33. The zero-order valence-corrected chi connectivity index (χ0v) is 18.5. The Morgan fingerprint density at radius 2 is 1.94 bits per heavy atom. The van der Waals surface area contributed by atoms with E-state index in [0.717, 1.165) is 70.9 Å². The van der Waals surface area contributed by atoms with Crippen molar-refractivity contribution in [2.75, 3.05) is 43.6 Å². The van der Waals surface area contributed by atoms with Crippen molar-refractivity contribution in [1.29, 1.82) is 0 Å². The number of nitrogens with one attached hydrogen (secondary N) is 1. The summed E-state index contributed by atoms with van der Waals surface area (Å²) in [6, 6.07) is 18.2. The van der Waals surface area contributed by atoms with Gasteiger partial charge in [0.05, 0.1) is 31.0 Å². The number of nitrogens with zero attached hydrogens (tertiary/aromatic N) is 4. The molecule has 0 saturated carbocycles. The first-order valence-corrected chi connectivity index (χ1v) is 10.9. The topological polar surface area (TPSA) is 63.9 Å². The van der Waals surface area contributed by atoms with Crippen molar-refractivity contribution in [3.8, 4) is 16.9 Å². The van der Waals surface area contributed by atoms with E-state index in [2.05, 4.69) is 38.6 Å². The summed E-state index contributed by atoms with van der Waals surface area (Å²) in [7, 11) is 1.68. The molecule has 32 heavy (non-hydrogen) atoms. The predicted octanol–water partition coefficient (Wildman–Crippen LogP) is 4.51. The second kappa shape index (κ2) is 9.06. The SMILES string of the molecule is COc1ccccc1CNc1ccc(-c2ccc(N3CCOCC3)c(Cl)c2)c2nncn12. The summed E-state index contributed by atoms with van der Waals surface area (Å²) in [6.45, 7) is 3.76. The van der Waals surface area contributed by atoms with Gasteiger partial charge < -0.3 is 19.7 Å². The molecule has 3 heterocycles. The molecule has 1 saturated heterocycles. The van der Waals surface area contributed by atoms with E-state index < -0.39 is 0 Å². The van der Waals surface area contributed by atoms with E-state index in [9.17, 15) is 0 Å². The van der Waals surface area contributed by atoms with Gasteiger partial charge in [-0.3, -0.25) is 4.40 Å². The van der Waals surface area contributed by atoms with E-state index in [-0.39, 0.29) is 0 Å². The highest BCUT2D eigenvalue weighted by Gasteiger charge is 2.16. The van der Waals surface area contributed by atoms with Crippen molar-refractivity contribution in [1.82, 2.24) is 14.6 Å². The molecule has 5 rings (SSSR count). The molecule has 1 fully saturated rings. The Balaban J connectivity index is 1.43. The van der Waals surface area contributed by atoms with Crippen LogP contribution < -0.4 is 15.0 Å². The van der Waals surface area contributed by atoms with Gasteiger partial charge in [-0.15, -0.1) is 10.2 Å². The first kappa shape index (κ1) is 20.6. The van der Waals surface area contributed by atoms with Gasteiger partial charge in [0, 0.05) is 30.8 Å². The van der Waals surface area contributed by atoms with Gasteiger partial charge in [-0.25, -0.2) is 0 Å². The van der Waals surface area contributed by atoms with Crippen molar-refractivity contribution in [2.24, 2.45) is 0 Å². The minimum Gasteiger partial charge on any atom is -0.496 e. The minimum absolute atomic E-state index is 0.622. The van der Waals surface area contributed by atoms with E-state index >= 15 is 0 Å². The van der Waals surface area contributed by atoms with Crippen LogP contribution in [0.3, 0.4) is 0 Å². The quantitative estimate of drug-likeness (QED) is 0.467. The van der Waals surface area contributed by atoms with Crippen LogP contribution in [0.25, 0.3) is 16.8 Å². The second-order valence-corrected chi connectivity index (χ2v) is 8.00. The Labute approximate surface area is 191 Å². The zero-order chi connectivity index (χ0) is 21.9. The lowest BCUT2D eigenvalue weighted by Crippen LogP contribution is -2.36. The Morgan fingerprint density at radius 1 is 1.09 bits per heavy atom. The molecule has 2 aromatic heterocycles. The van der Waals surface area contributed by atoms with Gasteiger partial charge in [0.2, 0.25) is 0 Å². The number of halogens is 1. The van der Waals surface area contributed by atoms with Gasteiger partial charge in [-0.2, -0.15) is 0 Å². The number of rotatable bonds is 6. The molecule has 0 aliphatic carbocycles. The molecule has 1 aliphatic rings. The standard InChI is InChI=1S/C24H24ClN5O2/c1-31-22-5-3-2-4-18(22)15-26-23-9-7-19(24-28-27-16-30(23)24)17-6-8-21(20(25)14-17)29-10-12-32-13-11-29/h2-9,14,16,26H,10-13,15H2,1H3. The fraction of sp³-hybridized carbons (Fsp3) is 0.250. The van der Waals surface area contributed by atoms with Crippen LogP contribution in [0, 0.1) is 0 Å². The first-order valence-electron chi connectivity index (χ1n) is 10.6. The number of anilines is 2. The Hall–Kier alpha value is -3.29. The van der Waals surface area contributed by atoms with Gasteiger partial charge in [-0.05, 0) is 35.9 Å². The molecule has 0 bridgehead atoms. The van der Waals surface area contributed by atoms with Crippen LogP contribution in [0.5, 0.6) is 5.75 Å². The Kier molecular flexibility index (Phi) is 5.83. The summed E-state index contributed by atoms with van der Waals surface area (Å²) in [5, 5.41) is 12.7. The number of ether oxygens (including phenoxy) is 2. The van der Waals surface area contributed by atoms with Crippen molar-refractivity contribution in [3.63, 3.8) is 0 Å². The summed E-state index contributed by atoms with van der Waals surface area (Å²) in [6.07, 6.45) is 1.72. The molecule has 1 aliphatic heterocycles. The lowest BCUT2D eigenvalue weighted by Gasteiger charge is -2.29. The number of hydrogen-bond acceptors (Lipinski definition) is 6. The number of aromatic nitrogens is 3. The lowest BCUT2D eigenvalue weighted by molar-refractivity contribution is 0.122. The summed E-state index contributed by atoms with van der Waals surface area (Å²) in [5.74, 6) is 1.75. The number of hydrogen-bond donors (Lipinski definition) is 1. The molecule has 0 atom stereocenters. The van der Waals surface area contributed by atoms with E-state index in [4.69, 9.17) is 21.1 Å². The van der Waals surface area contributed by atoms with Gasteiger partial charge in [0.25, 0.3) is 0 Å². The molecule has 1 N–H and O–H groups in total. The minimum atomic E-state index is 0.622. The van der Waals surface area contributed by atoms with E-state index in [1.54, 1.807) is 13.4 Å². The number of morpholine rings is 1. The fourth-order valence-corrected chi connectivity index (χ4v) is 4.35. The summed E-state index contributed by atoms with van der Waals surface area (Å²) in [4.78, 5) is 2.26. The Bertz CT molecular complexity index is 1240. The van der Waals surface area contributed by atoms with Crippen molar-refractivity contribution in [3.05, 3.63) is 71.5 Å². The highest BCUT2D eigenvalue weighted by Crippen LogP contribution is 2.34. The summed E-state index contributed by atoms with van der Waals surface area (Å²) < 4.78 is 12.9. The van der Waals surface area contributed by atoms with Crippen LogP contribution in [-0.2, 0) is 11.3 Å². The van der Waals surface area contributed by atoms with Crippen molar-refractivity contribution < 1.29 is 9.47 Å². The molecule has 0 spiro atoms. The summed E-state index contributed by atoms with van der Waals surface area (Å²) in [5.41, 5.74) is 4.85. The maximum Gasteiger partial charge on any atom is 0.170 e. The van der Waals surface area contributed by atoms with Gasteiger partial charge in [0.15, 0.2) is 5.65 Å². The van der Waals surface area contributed by atoms with Crippen LogP contribution in [0.2, 0.25) is 5.02 Å².